The van der Waals surface area contributed by atoms with Gasteiger partial charge in [-0.15, -0.1) is 0 Å². The third kappa shape index (κ3) is 2.82. The van der Waals surface area contributed by atoms with Crippen molar-refractivity contribution in [2.24, 2.45) is 0 Å². The van der Waals surface area contributed by atoms with E-state index >= 15 is 0 Å². The molecule has 1 heterocycles. The molecule has 0 N–H and O–H groups in total. The van der Waals surface area contributed by atoms with Gasteiger partial charge in [-0.1, -0.05) is 34.8 Å². The average Bonchev–Trinajstić information content (AvgIpc) is 2.38. The van der Waals surface area contributed by atoms with Crippen molar-refractivity contribution in [1.29, 1.82) is 0 Å². The zero-order chi connectivity index (χ0) is 15.1. The Bertz CT molecular complexity index is 845. The van der Waals surface area contributed by atoms with Crippen molar-refractivity contribution in [3.05, 3.63) is 56.9 Å². The lowest BCUT2D eigenvalue weighted by molar-refractivity contribution is 0.627. The van der Waals surface area contributed by atoms with Gasteiger partial charge < -0.3 is 0 Å². The van der Waals surface area contributed by atoms with Gasteiger partial charge in [0.05, 0.1) is 10.5 Å². The van der Waals surface area contributed by atoms with Gasteiger partial charge in [-0.05, 0) is 42.8 Å². The molecule has 0 aliphatic carbocycles. The summed E-state index contributed by atoms with van der Waals surface area (Å²) in [5, 5.41) is 1.61. The van der Waals surface area contributed by atoms with Crippen LogP contribution in [0.25, 0.3) is 22.3 Å². The van der Waals surface area contributed by atoms with Crippen molar-refractivity contribution in [3.63, 3.8) is 0 Å². The molecule has 3 rings (SSSR count). The molecule has 0 atom stereocenters. The summed E-state index contributed by atoms with van der Waals surface area (Å²) >= 11 is 18.3. The first-order valence-electron chi connectivity index (χ1n) is 6.04. The molecule has 0 unspecified atom stereocenters. The van der Waals surface area contributed by atoms with Crippen molar-refractivity contribution in [2.75, 3.05) is 0 Å². The zero-order valence-electron chi connectivity index (χ0n) is 10.8. The van der Waals surface area contributed by atoms with Gasteiger partial charge in [0.1, 0.15) is 11.0 Å². The molecule has 0 aliphatic rings. The standard InChI is InChI=1S/C15H8Cl3FN2/c1-7-2-8(4-10(19)3-7)15-20-13-11(14(18)21-15)5-9(16)6-12(13)17/h2-6H,1H3. The number of hydrogen-bond donors (Lipinski definition) is 0. The molecule has 0 fully saturated rings. The number of halogens is 4. The molecule has 0 amide bonds. The predicted molar refractivity (Wildman–Crippen MR) is 84.7 cm³/mol. The highest BCUT2D eigenvalue weighted by Gasteiger charge is 2.12. The lowest BCUT2D eigenvalue weighted by Gasteiger charge is -2.07. The Morgan fingerprint density at radius 1 is 0.952 bits per heavy atom. The maximum Gasteiger partial charge on any atom is 0.161 e. The van der Waals surface area contributed by atoms with Crippen molar-refractivity contribution in [3.8, 4) is 11.4 Å². The Morgan fingerprint density at radius 3 is 2.43 bits per heavy atom. The molecule has 0 saturated carbocycles. The Labute approximate surface area is 135 Å². The summed E-state index contributed by atoms with van der Waals surface area (Å²) in [6.45, 7) is 1.79. The van der Waals surface area contributed by atoms with Crippen LogP contribution in [0.4, 0.5) is 4.39 Å². The van der Waals surface area contributed by atoms with E-state index in [1.165, 1.54) is 12.1 Å². The molecule has 6 heteroatoms. The molecule has 1 aromatic heterocycles. The van der Waals surface area contributed by atoms with Crippen molar-refractivity contribution in [2.45, 2.75) is 6.92 Å². The number of fused-ring (bicyclic) bond motifs is 1. The van der Waals surface area contributed by atoms with E-state index in [1.807, 2.05) is 0 Å². The first-order valence-corrected chi connectivity index (χ1v) is 7.17. The van der Waals surface area contributed by atoms with E-state index in [4.69, 9.17) is 34.8 Å². The first-order chi connectivity index (χ1) is 9.94. The fraction of sp³-hybridized carbons (Fsp3) is 0.0667. The van der Waals surface area contributed by atoms with Gasteiger partial charge >= 0.3 is 0 Å². The Morgan fingerprint density at radius 2 is 1.71 bits per heavy atom. The maximum absolute atomic E-state index is 13.5. The van der Waals surface area contributed by atoms with Gasteiger partial charge in [-0.25, -0.2) is 14.4 Å². The van der Waals surface area contributed by atoms with Crippen LogP contribution in [0.15, 0.2) is 30.3 Å². The number of rotatable bonds is 1. The predicted octanol–water partition coefficient (Wildman–Crippen LogP) is 5.70. The number of aryl methyl sites for hydroxylation is 1. The van der Waals surface area contributed by atoms with Crippen LogP contribution < -0.4 is 0 Å². The molecular weight excluding hydrogens is 334 g/mol. The molecule has 0 aliphatic heterocycles. The van der Waals surface area contributed by atoms with Crippen LogP contribution in [0.5, 0.6) is 0 Å². The third-order valence-corrected chi connectivity index (χ3v) is 3.77. The second kappa shape index (κ2) is 5.41. The smallest absolute Gasteiger partial charge is 0.161 e. The molecule has 0 spiro atoms. The summed E-state index contributed by atoms with van der Waals surface area (Å²) in [5.41, 5.74) is 1.80. The van der Waals surface area contributed by atoms with Crippen molar-refractivity contribution >= 4 is 45.7 Å². The van der Waals surface area contributed by atoms with Crippen LogP contribution in [0.1, 0.15) is 5.56 Å². The summed E-state index contributed by atoms with van der Waals surface area (Å²) < 4.78 is 13.5. The highest BCUT2D eigenvalue weighted by molar-refractivity contribution is 6.41. The zero-order valence-corrected chi connectivity index (χ0v) is 13.1. The van der Waals surface area contributed by atoms with Gasteiger partial charge in [0.25, 0.3) is 0 Å². The maximum atomic E-state index is 13.5. The lowest BCUT2D eigenvalue weighted by atomic mass is 10.1. The number of aromatic nitrogens is 2. The van der Waals surface area contributed by atoms with E-state index in [9.17, 15) is 4.39 Å². The number of benzene rings is 2. The second-order valence-corrected chi connectivity index (χ2v) is 5.84. The topological polar surface area (TPSA) is 25.8 Å². The summed E-state index contributed by atoms with van der Waals surface area (Å²) in [5.74, 6) is -0.0358. The second-order valence-electron chi connectivity index (χ2n) is 4.64. The Balaban J connectivity index is 2.30. The minimum absolute atomic E-state index is 0.223. The van der Waals surface area contributed by atoms with Crippen LogP contribution in [-0.4, -0.2) is 9.97 Å². The lowest BCUT2D eigenvalue weighted by Crippen LogP contribution is -1.94. The van der Waals surface area contributed by atoms with Crippen molar-refractivity contribution < 1.29 is 4.39 Å². The van der Waals surface area contributed by atoms with Crippen molar-refractivity contribution in [1.82, 2.24) is 9.97 Å². The SMILES string of the molecule is Cc1cc(F)cc(-c2nc(Cl)c3cc(Cl)cc(Cl)c3n2)c1. The summed E-state index contributed by atoms with van der Waals surface area (Å²) in [6.07, 6.45) is 0. The molecule has 2 nitrogen and oxygen atoms in total. The van der Waals surface area contributed by atoms with Crippen LogP contribution >= 0.6 is 34.8 Å². The molecular formula is C15H8Cl3FN2. The number of nitrogens with zero attached hydrogens (tertiary/aromatic N) is 2. The normalized spacial score (nSPS) is 11.1. The number of hydrogen-bond acceptors (Lipinski definition) is 2. The molecule has 2 aromatic carbocycles. The van der Waals surface area contributed by atoms with E-state index in [-0.39, 0.29) is 11.0 Å². The van der Waals surface area contributed by atoms with Crippen LogP contribution in [0.2, 0.25) is 15.2 Å². The quantitative estimate of drug-likeness (QED) is 0.530. The van der Waals surface area contributed by atoms with E-state index in [0.717, 1.165) is 5.56 Å². The fourth-order valence-electron chi connectivity index (χ4n) is 2.12. The van der Waals surface area contributed by atoms with Crippen LogP contribution in [-0.2, 0) is 0 Å². The summed E-state index contributed by atoms with van der Waals surface area (Å²) in [6, 6.07) is 7.79. The highest BCUT2D eigenvalue weighted by Crippen LogP contribution is 2.32. The van der Waals surface area contributed by atoms with E-state index in [2.05, 4.69) is 9.97 Å². The summed E-state index contributed by atoms with van der Waals surface area (Å²) in [4.78, 5) is 8.58. The average molecular weight is 342 g/mol. The Kier molecular flexibility index (Phi) is 3.74. The molecule has 0 bridgehead atoms. The molecule has 21 heavy (non-hydrogen) atoms. The minimum atomic E-state index is -0.355. The first kappa shape index (κ1) is 14.5. The Hall–Kier alpha value is -1.42. The monoisotopic (exact) mass is 340 g/mol. The van der Waals surface area contributed by atoms with Gasteiger partial charge in [0.2, 0.25) is 0 Å². The molecule has 106 valence electrons. The van der Waals surface area contributed by atoms with Gasteiger partial charge in [-0.2, -0.15) is 0 Å². The molecule has 3 aromatic rings. The van der Waals surface area contributed by atoms with E-state index in [0.29, 0.717) is 32.3 Å². The fourth-order valence-corrected chi connectivity index (χ4v) is 2.88. The van der Waals surface area contributed by atoms with E-state index in [1.54, 1.807) is 25.1 Å². The van der Waals surface area contributed by atoms with Gasteiger partial charge in [0, 0.05) is 16.0 Å². The summed E-state index contributed by atoms with van der Waals surface area (Å²) in [7, 11) is 0. The van der Waals surface area contributed by atoms with Crippen LogP contribution in [0, 0.1) is 12.7 Å². The van der Waals surface area contributed by atoms with Gasteiger partial charge in [-0.3, -0.25) is 0 Å². The van der Waals surface area contributed by atoms with Crippen LogP contribution in [0.3, 0.4) is 0 Å². The highest BCUT2D eigenvalue weighted by atomic mass is 35.5. The van der Waals surface area contributed by atoms with Gasteiger partial charge in [0.15, 0.2) is 5.82 Å². The molecule has 0 radical (unpaired) electrons. The third-order valence-electron chi connectivity index (χ3n) is 2.97. The largest absolute Gasteiger partial charge is 0.226 e. The van der Waals surface area contributed by atoms with E-state index < -0.39 is 0 Å². The molecule has 0 saturated heterocycles. The minimum Gasteiger partial charge on any atom is -0.226 e.